The molecule has 1 aromatic rings. The zero-order chi connectivity index (χ0) is 11.7. The number of ether oxygens (including phenoxy) is 3. The van der Waals surface area contributed by atoms with Gasteiger partial charge in [0.05, 0.1) is 38.6 Å². The number of hydrogen-bond acceptors (Lipinski definition) is 3. The second-order valence-corrected chi connectivity index (χ2v) is 2.63. The number of halogens is 1. The van der Waals surface area contributed by atoms with Crippen LogP contribution in [0.4, 0.5) is 0 Å². The van der Waals surface area contributed by atoms with Crippen LogP contribution in [0.2, 0.25) is 0 Å². The van der Waals surface area contributed by atoms with Crippen LogP contribution in [0, 0.1) is 13.0 Å². The minimum atomic E-state index is 0. The van der Waals surface area contributed by atoms with Crippen molar-refractivity contribution in [3.05, 3.63) is 25.1 Å². The largest absolute Gasteiger partial charge is 2.00 e. The van der Waals surface area contributed by atoms with Gasteiger partial charge in [-0.3, -0.25) is 0 Å². The molecule has 0 aromatic heterocycles. The molecule has 0 fully saturated rings. The molecule has 1 rings (SSSR count). The van der Waals surface area contributed by atoms with Crippen LogP contribution >= 0.6 is 0 Å². The summed E-state index contributed by atoms with van der Waals surface area (Å²) in [6.07, 6.45) is 1.00. The predicted molar refractivity (Wildman–Crippen MR) is 66.3 cm³/mol. The molecular formula is C12H18BrMgO3-. The fourth-order valence-electron chi connectivity index (χ4n) is 0.950. The van der Waals surface area contributed by atoms with Crippen LogP contribution in [-0.4, -0.2) is 44.4 Å². The normalized spacial score (nSPS) is 7.59. The van der Waals surface area contributed by atoms with Gasteiger partial charge in [-0.1, -0.05) is 6.92 Å². The topological polar surface area (TPSA) is 27.7 Å². The molecule has 0 spiro atoms. The number of rotatable bonds is 3. The zero-order valence-electron chi connectivity index (χ0n) is 10.9. The van der Waals surface area contributed by atoms with E-state index in [0.717, 1.165) is 6.42 Å². The molecule has 0 unspecified atom stereocenters. The summed E-state index contributed by atoms with van der Waals surface area (Å²) in [6.45, 7) is 5.50. The molecule has 0 bridgehead atoms. The molecule has 94 valence electrons. The molecule has 5 heteroatoms. The summed E-state index contributed by atoms with van der Waals surface area (Å²) in [6, 6.07) is 6.27. The molecule has 0 atom stereocenters. The van der Waals surface area contributed by atoms with Gasteiger partial charge >= 0.3 is 23.1 Å². The minimum absolute atomic E-state index is 0. The second-order valence-electron chi connectivity index (χ2n) is 2.63. The number of methoxy groups -OCH3 is 3. The summed E-state index contributed by atoms with van der Waals surface area (Å²) in [5, 5.41) is 0. The first-order chi connectivity index (χ1) is 7.24. The van der Waals surface area contributed by atoms with Crippen LogP contribution in [0.5, 0.6) is 17.2 Å². The van der Waals surface area contributed by atoms with Crippen molar-refractivity contribution in [3.63, 3.8) is 0 Å². The molecule has 0 saturated heterocycles. The van der Waals surface area contributed by atoms with E-state index >= 15 is 0 Å². The van der Waals surface area contributed by atoms with Gasteiger partial charge in [-0.2, -0.15) is 12.5 Å². The van der Waals surface area contributed by atoms with Crippen molar-refractivity contribution in [2.45, 2.75) is 13.3 Å². The van der Waals surface area contributed by atoms with E-state index in [1.54, 1.807) is 33.5 Å². The van der Waals surface area contributed by atoms with Crippen molar-refractivity contribution in [1.29, 1.82) is 0 Å². The molecule has 3 nitrogen and oxygen atoms in total. The molecule has 0 aliphatic carbocycles. The molecule has 17 heavy (non-hydrogen) atoms. The van der Waals surface area contributed by atoms with Gasteiger partial charge in [0.15, 0.2) is 0 Å². The fourth-order valence-corrected chi connectivity index (χ4v) is 0.950. The number of benzene rings is 1. The third kappa shape index (κ3) is 7.73. The van der Waals surface area contributed by atoms with Gasteiger partial charge in [-0.15, -0.1) is 12.1 Å². The molecule has 0 amide bonds. The van der Waals surface area contributed by atoms with E-state index in [4.69, 9.17) is 14.2 Å². The van der Waals surface area contributed by atoms with Crippen molar-refractivity contribution < 1.29 is 31.2 Å². The Kier molecular flexibility index (Phi) is 18.1. The van der Waals surface area contributed by atoms with Crippen molar-refractivity contribution in [2.24, 2.45) is 0 Å². The Morgan fingerprint density at radius 3 is 1.65 bits per heavy atom. The summed E-state index contributed by atoms with van der Waals surface area (Å²) in [5.74, 6) is 1.84. The Bertz CT molecular complexity index is 260. The van der Waals surface area contributed by atoms with E-state index < -0.39 is 0 Å². The summed E-state index contributed by atoms with van der Waals surface area (Å²) in [5.41, 5.74) is 0. The van der Waals surface area contributed by atoms with E-state index in [1.807, 2.05) is 6.92 Å². The smallest absolute Gasteiger partial charge is 1.00 e. The molecule has 0 aliphatic rings. The minimum Gasteiger partial charge on any atom is -1.00 e. The maximum atomic E-state index is 5.09. The average molecular weight is 314 g/mol. The van der Waals surface area contributed by atoms with Crippen LogP contribution in [0.15, 0.2) is 12.1 Å². The van der Waals surface area contributed by atoms with Crippen molar-refractivity contribution in [3.8, 4) is 17.2 Å². The number of hydrogen-bond donors (Lipinski definition) is 0. The summed E-state index contributed by atoms with van der Waals surface area (Å²) in [7, 11) is 4.72. The summed E-state index contributed by atoms with van der Waals surface area (Å²) < 4.78 is 15.2. The molecular weight excluding hydrogens is 296 g/mol. The van der Waals surface area contributed by atoms with Crippen LogP contribution in [-0.2, 0) is 0 Å². The Morgan fingerprint density at radius 1 is 1.06 bits per heavy atom. The second kappa shape index (κ2) is 13.9. The molecule has 0 aliphatic heterocycles. The third-order valence-electron chi connectivity index (χ3n) is 1.52. The van der Waals surface area contributed by atoms with Gasteiger partial charge in [-0.25, -0.2) is 0 Å². The summed E-state index contributed by atoms with van der Waals surface area (Å²) >= 11 is 0. The van der Waals surface area contributed by atoms with E-state index in [9.17, 15) is 0 Å². The van der Waals surface area contributed by atoms with Crippen LogP contribution < -0.4 is 31.2 Å². The van der Waals surface area contributed by atoms with Crippen LogP contribution in [0.3, 0.4) is 0 Å². The Balaban J connectivity index is -0.000000356. The first-order valence-electron chi connectivity index (χ1n) is 4.70. The van der Waals surface area contributed by atoms with Crippen LogP contribution in [0.1, 0.15) is 13.3 Å². The third-order valence-corrected chi connectivity index (χ3v) is 1.52. The van der Waals surface area contributed by atoms with Gasteiger partial charge in [0.2, 0.25) is 0 Å². The molecule has 0 N–H and O–H groups in total. The van der Waals surface area contributed by atoms with E-state index in [-0.39, 0.29) is 40.0 Å². The molecule has 0 radical (unpaired) electrons. The Morgan fingerprint density at radius 2 is 1.41 bits per heavy atom. The average Bonchev–Trinajstić information content (AvgIpc) is 2.28. The SMILES string of the molecule is COc1c[c-]cc(OC)c1OC.[Br-].[CH2-]CC.[Mg+2]. The maximum Gasteiger partial charge on any atom is 2.00 e. The predicted octanol–water partition coefficient (Wildman–Crippen LogP) is -0.634. The van der Waals surface area contributed by atoms with Gasteiger partial charge in [0.25, 0.3) is 0 Å². The van der Waals surface area contributed by atoms with Gasteiger partial charge in [-0.05, 0) is 0 Å². The van der Waals surface area contributed by atoms with E-state index in [0.29, 0.717) is 17.2 Å². The Labute approximate surface area is 131 Å². The van der Waals surface area contributed by atoms with Crippen molar-refractivity contribution >= 4 is 23.1 Å². The first kappa shape index (κ1) is 22.1. The first-order valence-corrected chi connectivity index (χ1v) is 4.70. The van der Waals surface area contributed by atoms with Crippen LogP contribution in [0.25, 0.3) is 0 Å². The maximum absolute atomic E-state index is 5.09. The van der Waals surface area contributed by atoms with Gasteiger partial charge < -0.3 is 38.1 Å². The molecule has 0 saturated carbocycles. The van der Waals surface area contributed by atoms with E-state index in [2.05, 4.69) is 13.0 Å². The zero-order valence-corrected chi connectivity index (χ0v) is 13.9. The summed E-state index contributed by atoms with van der Waals surface area (Å²) in [4.78, 5) is 0. The molecule has 0 heterocycles. The van der Waals surface area contributed by atoms with E-state index in [1.165, 1.54) is 0 Å². The fraction of sp³-hybridized carbons (Fsp3) is 0.417. The van der Waals surface area contributed by atoms with Gasteiger partial charge in [0.1, 0.15) is 0 Å². The Hall–Kier alpha value is -0.134. The van der Waals surface area contributed by atoms with Crippen molar-refractivity contribution in [1.82, 2.24) is 0 Å². The monoisotopic (exact) mass is 313 g/mol. The molecule has 1 aromatic carbocycles. The van der Waals surface area contributed by atoms with Crippen molar-refractivity contribution in [2.75, 3.05) is 21.3 Å². The standard InChI is InChI=1S/C9H11O3.C3H7.BrH.Mg/c1-10-7-5-4-6-8(11-2)9(7)12-3;1-3-2;;/h5-6H,1-3H3;1,3H2,2H3;1H;/q2*-1;;+2/p-1. The quantitative estimate of drug-likeness (QED) is 0.549. The van der Waals surface area contributed by atoms with Gasteiger partial charge in [0, 0.05) is 0 Å².